The van der Waals surface area contributed by atoms with Gasteiger partial charge >= 0.3 is 6.18 Å². The monoisotopic (exact) mass is 379 g/mol. The van der Waals surface area contributed by atoms with Crippen molar-refractivity contribution < 1.29 is 18.0 Å². The standard InChI is InChI=1S/C20H24F3N3O/c1-14(2)26-12-15(10-24-26)11-25-8-4-6-17(13-25)19(27)16-5-3-7-18(9-16)20(21,22)23/h3,5,7,9-10,12,14,17H,4,6,8,11,13H2,1-2H3/t17-/m1/s1. The van der Waals surface area contributed by atoms with Crippen molar-refractivity contribution in [2.24, 2.45) is 5.92 Å². The fraction of sp³-hybridized carbons (Fsp3) is 0.500. The highest BCUT2D eigenvalue weighted by Crippen LogP contribution is 2.31. The Morgan fingerprint density at radius 2 is 2.11 bits per heavy atom. The maximum Gasteiger partial charge on any atom is 0.416 e. The molecule has 3 rings (SSSR count). The zero-order valence-electron chi connectivity index (χ0n) is 15.5. The quantitative estimate of drug-likeness (QED) is 0.714. The van der Waals surface area contributed by atoms with Crippen LogP contribution in [0.4, 0.5) is 13.2 Å². The summed E-state index contributed by atoms with van der Waals surface area (Å²) in [6.45, 7) is 6.24. The molecular weight excluding hydrogens is 355 g/mol. The molecule has 0 unspecified atom stereocenters. The first-order chi connectivity index (χ1) is 12.7. The number of hydrogen-bond acceptors (Lipinski definition) is 3. The molecule has 1 aliphatic rings. The minimum atomic E-state index is -4.44. The zero-order valence-corrected chi connectivity index (χ0v) is 15.5. The summed E-state index contributed by atoms with van der Waals surface area (Å²) in [5, 5.41) is 4.33. The van der Waals surface area contributed by atoms with Gasteiger partial charge in [-0.05, 0) is 45.4 Å². The third-order valence-corrected chi connectivity index (χ3v) is 4.94. The average Bonchev–Trinajstić information content (AvgIpc) is 3.09. The zero-order chi connectivity index (χ0) is 19.6. The van der Waals surface area contributed by atoms with Crippen LogP contribution in [0.25, 0.3) is 0 Å². The normalized spacial score (nSPS) is 18.8. The first-order valence-electron chi connectivity index (χ1n) is 9.21. The minimum Gasteiger partial charge on any atom is -0.298 e. The Hall–Kier alpha value is -2.15. The Morgan fingerprint density at radius 1 is 1.33 bits per heavy atom. The summed E-state index contributed by atoms with van der Waals surface area (Å²) < 4.78 is 40.6. The lowest BCUT2D eigenvalue weighted by Gasteiger charge is -2.31. The number of nitrogens with zero attached hydrogens (tertiary/aromatic N) is 3. The molecule has 27 heavy (non-hydrogen) atoms. The van der Waals surface area contributed by atoms with Crippen LogP contribution in [0.15, 0.2) is 36.7 Å². The number of carbonyl (C=O) groups is 1. The summed E-state index contributed by atoms with van der Waals surface area (Å²) in [7, 11) is 0. The van der Waals surface area contributed by atoms with E-state index in [4.69, 9.17) is 0 Å². The predicted octanol–water partition coefficient (Wildman–Crippen LogP) is 4.58. The predicted molar refractivity (Wildman–Crippen MR) is 96.4 cm³/mol. The van der Waals surface area contributed by atoms with Gasteiger partial charge in [-0.3, -0.25) is 14.4 Å². The minimum absolute atomic E-state index is 0.143. The van der Waals surface area contributed by atoms with Gasteiger partial charge in [-0.15, -0.1) is 0 Å². The van der Waals surface area contributed by atoms with E-state index in [0.29, 0.717) is 19.5 Å². The molecule has 0 spiro atoms. The summed E-state index contributed by atoms with van der Waals surface area (Å²) in [5.74, 6) is -0.481. The Labute approximate surface area is 157 Å². The van der Waals surface area contributed by atoms with Crippen LogP contribution in [0.5, 0.6) is 0 Å². The van der Waals surface area contributed by atoms with E-state index in [0.717, 1.165) is 30.7 Å². The molecule has 0 bridgehead atoms. The Kier molecular flexibility index (Phi) is 5.69. The lowest BCUT2D eigenvalue weighted by Crippen LogP contribution is -2.38. The first-order valence-corrected chi connectivity index (χ1v) is 9.21. The largest absolute Gasteiger partial charge is 0.416 e. The van der Waals surface area contributed by atoms with Crippen molar-refractivity contribution in [1.29, 1.82) is 0 Å². The van der Waals surface area contributed by atoms with Crippen LogP contribution in [-0.4, -0.2) is 33.6 Å². The number of aromatic nitrogens is 2. The summed E-state index contributed by atoms with van der Waals surface area (Å²) in [5.41, 5.74) is 0.447. The van der Waals surface area contributed by atoms with Crippen molar-refractivity contribution in [3.05, 3.63) is 53.3 Å². The highest BCUT2D eigenvalue weighted by Gasteiger charge is 2.32. The molecule has 4 nitrogen and oxygen atoms in total. The van der Waals surface area contributed by atoms with Crippen molar-refractivity contribution in [2.75, 3.05) is 13.1 Å². The lowest BCUT2D eigenvalue weighted by molar-refractivity contribution is -0.137. The van der Waals surface area contributed by atoms with Crippen molar-refractivity contribution in [1.82, 2.24) is 14.7 Å². The van der Waals surface area contributed by atoms with Crippen molar-refractivity contribution in [3.8, 4) is 0 Å². The fourth-order valence-corrected chi connectivity index (χ4v) is 3.50. The Bertz CT molecular complexity index is 798. The van der Waals surface area contributed by atoms with Crippen molar-refractivity contribution >= 4 is 5.78 Å². The van der Waals surface area contributed by atoms with Gasteiger partial charge in [0.2, 0.25) is 0 Å². The number of hydrogen-bond donors (Lipinski definition) is 0. The maximum absolute atomic E-state index is 12.9. The van der Waals surface area contributed by atoms with Crippen LogP contribution in [0.2, 0.25) is 0 Å². The van der Waals surface area contributed by atoms with Crippen LogP contribution < -0.4 is 0 Å². The molecule has 1 aromatic heterocycles. The topological polar surface area (TPSA) is 38.1 Å². The molecule has 2 aromatic rings. The Balaban J connectivity index is 1.67. The third-order valence-electron chi connectivity index (χ3n) is 4.94. The number of rotatable bonds is 5. The average molecular weight is 379 g/mol. The van der Waals surface area contributed by atoms with E-state index in [1.54, 1.807) is 0 Å². The number of benzene rings is 1. The van der Waals surface area contributed by atoms with Gasteiger partial charge in [0.1, 0.15) is 0 Å². The van der Waals surface area contributed by atoms with Crippen LogP contribution in [0.1, 0.15) is 54.2 Å². The van der Waals surface area contributed by atoms with E-state index in [1.165, 1.54) is 12.1 Å². The second-order valence-electron chi connectivity index (χ2n) is 7.44. The van der Waals surface area contributed by atoms with Crippen LogP contribution in [0.3, 0.4) is 0 Å². The molecule has 1 fully saturated rings. The summed E-state index contributed by atoms with van der Waals surface area (Å²) >= 11 is 0. The van der Waals surface area contributed by atoms with Crippen LogP contribution in [-0.2, 0) is 12.7 Å². The molecule has 0 N–H and O–H groups in total. The van der Waals surface area contributed by atoms with Gasteiger partial charge in [0.25, 0.3) is 0 Å². The molecule has 7 heteroatoms. The van der Waals surface area contributed by atoms with E-state index in [1.807, 2.05) is 17.1 Å². The van der Waals surface area contributed by atoms with Gasteiger partial charge in [0, 0.05) is 42.4 Å². The first kappa shape index (κ1) is 19.6. The molecule has 1 aromatic carbocycles. The molecule has 0 saturated carbocycles. The van der Waals surface area contributed by atoms with E-state index in [2.05, 4.69) is 23.8 Å². The lowest BCUT2D eigenvalue weighted by atomic mass is 9.89. The number of Topliss-reactive ketones (excluding diaryl/α,β-unsaturated/α-hetero) is 1. The van der Waals surface area contributed by atoms with E-state index in [9.17, 15) is 18.0 Å². The SMILES string of the molecule is CC(C)n1cc(CN2CCC[C@@H](C(=O)c3cccc(C(F)(F)F)c3)C2)cn1. The molecule has 1 aliphatic heterocycles. The van der Waals surface area contributed by atoms with Crippen LogP contribution >= 0.6 is 0 Å². The van der Waals surface area contributed by atoms with Gasteiger partial charge in [-0.2, -0.15) is 18.3 Å². The molecule has 1 atom stereocenters. The van der Waals surface area contributed by atoms with E-state index in [-0.39, 0.29) is 23.3 Å². The van der Waals surface area contributed by atoms with E-state index >= 15 is 0 Å². The highest BCUT2D eigenvalue weighted by atomic mass is 19.4. The number of carbonyl (C=O) groups excluding carboxylic acids is 1. The van der Waals surface area contributed by atoms with Gasteiger partial charge in [0.15, 0.2) is 5.78 Å². The number of likely N-dealkylation sites (tertiary alicyclic amines) is 1. The number of alkyl halides is 3. The van der Waals surface area contributed by atoms with Crippen molar-refractivity contribution in [3.63, 3.8) is 0 Å². The molecule has 0 radical (unpaired) electrons. The highest BCUT2D eigenvalue weighted by molar-refractivity contribution is 5.98. The van der Waals surface area contributed by atoms with Gasteiger partial charge < -0.3 is 0 Å². The van der Waals surface area contributed by atoms with Gasteiger partial charge in [-0.25, -0.2) is 0 Å². The fourth-order valence-electron chi connectivity index (χ4n) is 3.50. The molecule has 146 valence electrons. The number of halogens is 3. The molecule has 0 aliphatic carbocycles. The second-order valence-corrected chi connectivity index (χ2v) is 7.44. The summed E-state index contributed by atoms with van der Waals surface area (Å²) in [6.07, 6.45) is 0.955. The molecule has 2 heterocycles. The maximum atomic E-state index is 12.9. The number of piperidine rings is 1. The van der Waals surface area contributed by atoms with Crippen molar-refractivity contribution in [2.45, 2.75) is 45.5 Å². The third kappa shape index (κ3) is 4.77. The molecule has 0 amide bonds. The van der Waals surface area contributed by atoms with Gasteiger partial charge in [0.05, 0.1) is 11.8 Å². The van der Waals surface area contributed by atoms with Gasteiger partial charge in [-0.1, -0.05) is 12.1 Å². The molecule has 1 saturated heterocycles. The summed E-state index contributed by atoms with van der Waals surface area (Å²) in [4.78, 5) is 14.9. The van der Waals surface area contributed by atoms with E-state index < -0.39 is 11.7 Å². The smallest absolute Gasteiger partial charge is 0.298 e. The van der Waals surface area contributed by atoms with Crippen LogP contribution in [0, 0.1) is 5.92 Å². The number of ketones is 1. The second kappa shape index (κ2) is 7.84. The summed E-state index contributed by atoms with van der Waals surface area (Å²) in [6, 6.07) is 5.03. The molecular formula is C20H24F3N3O. The Morgan fingerprint density at radius 3 is 2.78 bits per heavy atom.